The molecule has 0 aliphatic carbocycles. The van der Waals surface area contributed by atoms with E-state index in [2.05, 4.69) is 92.1 Å². The molecule has 70 heavy (non-hydrogen) atoms. The lowest BCUT2D eigenvalue weighted by molar-refractivity contribution is -0.302. The van der Waals surface area contributed by atoms with Crippen molar-refractivity contribution in [2.24, 2.45) is 0 Å². The van der Waals surface area contributed by atoms with Crippen molar-refractivity contribution in [2.75, 3.05) is 19.8 Å². The van der Waals surface area contributed by atoms with Crippen LogP contribution in [0.2, 0.25) is 0 Å². The van der Waals surface area contributed by atoms with Crippen molar-refractivity contribution in [3.8, 4) is 0 Å². The van der Waals surface area contributed by atoms with Crippen LogP contribution in [-0.4, -0.2) is 100 Å². The maximum atomic E-state index is 13.0. The quantitative estimate of drug-likeness (QED) is 0.0196. The number of amides is 1. The molecule has 1 fully saturated rings. The molecule has 1 saturated heterocycles. The van der Waals surface area contributed by atoms with E-state index in [1.807, 2.05) is 6.08 Å². The summed E-state index contributed by atoms with van der Waals surface area (Å²) in [6, 6.07) is -0.849. The van der Waals surface area contributed by atoms with E-state index in [9.17, 15) is 35.1 Å². The highest BCUT2D eigenvalue weighted by Gasteiger charge is 2.44. The van der Waals surface area contributed by atoms with Crippen molar-refractivity contribution in [1.29, 1.82) is 0 Å². The Morgan fingerprint density at radius 3 is 1.56 bits per heavy atom. The highest BCUT2D eigenvalue weighted by atomic mass is 16.7. The van der Waals surface area contributed by atoms with Gasteiger partial charge in [0.25, 0.3) is 0 Å². The molecule has 11 nitrogen and oxygen atoms in total. The van der Waals surface area contributed by atoms with Crippen molar-refractivity contribution < 1.29 is 49.3 Å². The fourth-order valence-electron chi connectivity index (χ4n) is 7.93. The van der Waals surface area contributed by atoms with Crippen LogP contribution in [0.3, 0.4) is 0 Å². The largest absolute Gasteiger partial charge is 0.466 e. The first-order valence-electron chi connectivity index (χ1n) is 27.9. The lowest BCUT2D eigenvalue weighted by atomic mass is 9.99. The second-order valence-corrected chi connectivity index (χ2v) is 18.9. The molecular formula is C59H101NO10. The Morgan fingerprint density at radius 1 is 0.529 bits per heavy atom. The lowest BCUT2D eigenvalue weighted by Crippen LogP contribution is -2.60. The molecule has 402 valence electrons. The molecule has 0 saturated carbocycles. The van der Waals surface area contributed by atoms with Gasteiger partial charge in [-0.1, -0.05) is 170 Å². The predicted molar refractivity (Wildman–Crippen MR) is 287 cm³/mol. The predicted octanol–water partition coefficient (Wildman–Crippen LogP) is 12.2. The second-order valence-electron chi connectivity index (χ2n) is 18.9. The van der Waals surface area contributed by atoms with Crippen LogP contribution in [0.1, 0.15) is 213 Å². The Kier molecular flexibility index (Phi) is 44.6. The molecule has 1 aliphatic rings. The van der Waals surface area contributed by atoms with E-state index in [1.54, 1.807) is 6.08 Å². The number of nitrogens with one attached hydrogen (secondary N) is 1. The molecule has 0 bridgehead atoms. The highest BCUT2D eigenvalue weighted by Crippen LogP contribution is 2.22. The van der Waals surface area contributed by atoms with Gasteiger partial charge in [0, 0.05) is 12.8 Å². The smallest absolute Gasteiger partial charge is 0.305 e. The molecule has 6 N–H and O–H groups in total. The Balaban J connectivity index is 2.17. The standard InChI is InChI=1S/C59H101NO10/c1-3-5-7-9-11-13-15-22-27-31-35-39-43-47-55(64)68-48-44-40-36-32-28-24-21-19-17-18-20-23-26-30-34-38-42-46-54(63)60-51(50-69-59-58(67)57(66)56(65)53(49-61)70-59)52(62)45-41-37-33-29-25-16-14-12-10-8-6-4-2/h7,9-10,12-13,15,17,19,24-25,28-29,41,45,51-53,56-59,61-62,65-67H,3-6,8,11,14,16,18,20-23,26-27,30-40,42-44,46-50H2,1-2H3,(H,60,63)/b9-7-,12-10+,15-13-,19-17-,28-24-,29-25+,45-41+. The first kappa shape index (κ1) is 64.9. The summed E-state index contributed by atoms with van der Waals surface area (Å²) in [5.74, 6) is -0.267. The summed E-state index contributed by atoms with van der Waals surface area (Å²) in [5.41, 5.74) is 0. The normalized spacial score (nSPS) is 19.9. The summed E-state index contributed by atoms with van der Waals surface area (Å²) >= 11 is 0. The molecular weight excluding hydrogens is 883 g/mol. The molecule has 1 aliphatic heterocycles. The van der Waals surface area contributed by atoms with Gasteiger partial charge in [0.15, 0.2) is 6.29 Å². The van der Waals surface area contributed by atoms with Gasteiger partial charge in [-0.3, -0.25) is 9.59 Å². The van der Waals surface area contributed by atoms with E-state index in [1.165, 1.54) is 57.8 Å². The molecule has 0 aromatic carbocycles. The number of esters is 1. The van der Waals surface area contributed by atoms with Crippen molar-refractivity contribution in [3.63, 3.8) is 0 Å². The van der Waals surface area contributed by atoms with Gasteiger partial charge in [-0.15, -0.1) is 0 Å². The molecule has 0 spiro atoms. The zero-order valence-corrected chi connectivity index (χ0v) is 43.9. The first-order chi connectivity index (χ1) is 34.2. The Morgan fingerprint density at radius 2 is 1.00 bits per heavy atom. The van der Waals surface area contributed by atoms with Gasteiger partial charge < -0.3 is 45.1 Å². The van der Waals surface area contributed by atoms with Gasteiger partial charge in [-0.25, -0.2) is 0 Å². The number of carbonyl (C=O) groups is 2. The first-order valence-corrected chi connectivity index (χ1v) is 27.9. The zero-order chi connectivity index (χ0) is 51.0. The average Bonchev–Trinajstić information content (AvgIpc) is 3.36. The molecule has 0 aromatic heterocycles. The number of aliphatic hydroxyl groups excluding tert-OH is 5. The Hall–Kier alpha value is -3.16. The van der Waals surface area contributed by atoms with E-state index in [4.69, 9.17) is 14.2 Å². The fraction of sp³-hybridized carbons (Fsp3) is 0.729. The van der Waals surface area contributed by atoms with Crippen LogP contribution in [-0.2, 0) is 23.8 Å². The SMILES string of the molecule is CCC/C=C\C/C=C\CCCCCCCC(=O)OCCCCC/C=C\C/C=C\CCCCCCCCCC(=O)NC(COC1OC(CO)C(O)C(O)C1O)C(O)/C=C/CC/C=C/CC/C=C/CCCC. The lowest BCUT2D eigenvalue weighted by Gasteiger charge is -2.40. The summed E-state index contributed by atoms with van der Waals surface area (Å²) in [6.45, 7) is 4.12. The highest BCUT2D eigenvalue weighted by molar-refractivity contribution is 5.76. The molecule has 0 aromatic rings. The van der Waals surface area contributed by atoms with Gasteiger partial charge in [-0.05, 0) is 116 Å². The molecule has 7 unspecified atom stereocenters. The molecule has 0 radical (unpaired) electrons. The maximum absolute atomic E-state index is 13.0. The van der Waals surface area contributed by atoms with Crippen molar-refractivity contribution in [3.05, 3.63) is 85.1 Å². The maximum Gasteiger partial charge on any atom is 0.305 e. The van der Waals surface area contributed by atoms with E-state index in [-0.39, 0.29) is 18.5 Å². The van der Waals surface area contributed by atoms with Gasteiger partial charge in [-0.2, -0.15) is 0 Å². The number of allylic oxidation sites excluding steroid dienone is 13. The Labute approximate surface area is 425 Å². The summed E-state index contributed by atoms with van der Waals surface area (Å²) in [7, 11) is 0. The van der Waals surface area contributed by atoms with Gasteiger partial charge in [0.2, 0.25) is 5.91 Å². The van der Waals surface area contributed by atoms with E-state index < -0.39 is 49.5 Å². The van der Waals surface area contributed by atoms with E-state index in [0.29, 0.717) is 25.9 Å². The number of aliphatic hydroxyl groups is 5. The number of rotatable bonds is 46. The number of hydrogen-bond donors (Lipinski definition) is 6. The summed E-state index contributed by atoms with van der Waals surface area (Å²) in [5, 5.41) is 54.2. The molecule has 1 amide bonds. The third-order valence-electron chi connectivity index (χ3n) is 12.4. The molecule has 11 heteroatoms. The Bertz CT molecular complexity index is 1440. The molecule has 1 heterocycles. The third kappa shape index (κ3) is 37.6. The van der Waals surface area contributed by atoms with Crippen LogP contribution in [0.5, 0.6) is 0 Å². The third-order valence-corrected chi connectivity index (χ3v) is 12.4. The van der Waals surface area contributed by atoms with Crippen LogP contribution < -0.4 is 5.32 Å². The molecule has 7 atom stereocenters. The monoisotopic (exact) mass is 984 g/mol. The van der Waals surface area contributed by atoms with Crippen LogP contribution in [0.4, 0.5) is 0 Å². The van der Waals surface area contributed by atoms with Crippen LogP contribution in [0.25, 0.3) is 0 Å². The van der Waals surface area contributed by atoms with Crippen LogP contribution in [0.15, 0.2) is 85.1 Å². The average molecular weight is 984 g/mol. The summed E-state index contributed by atoms with van der Waals surface area (Å²) in [4.78, 5) is 25.0. The van der Waals surface area contributed by atoms with Crippen LogP contribution >= 0.6 is 0 Å². The summed E-state index contributed by atoms with van der Waals surface area (Å²) in [6.07, 6.45) is 53.8. The summed E-state index contributed by atoms with van der Waals surface area (Å²) < 4.78 is 16.6. The van der Waals surface area contributed by atoms with Crippen molar-refractivity contribution >= 4 is 11.9 Å². The van der Waals surface area contributed by atoms with Gasteiger partial charge in [0.1, 0.15) is 24.4 Å². The second kappa shape index (κ2) is 48.1. The zero-order valence-electron chi connectivity index (χ0n) is 43.9. The topological polar surface area (TPSA) is 175 Å². The van der Waals surface area contributed by atoms with Gasteiger partial charge in [0.05, 0.1) is 32.0 Å². The van der Waals surface area contributed by atoms with E-state index in [0.717, 1.165) is 122 Å². The number of ether oxygens (including phenoxy) is 3. The minimum Gasteiger partial charge on any atom is -0.466 e. The number of carbonyl (C=O) groups excluding carboxylic acids is 2. The van der Waals surface area contributed by atoms with Gasteiger partial charge >= 0.3 is 5.97 Å². The van der Waals surface area contributed by atoms with Crippen molar-refractivity contribution in [1.82, 2.24) is 5.32 Å². The van der Waals surface area contributed by atoms with Crippen molar-refractivity contribution in [2.45, 2.75) is 256 Å². The minimum absolute atomic E-state index is 0.0505. The number of hydrogen-bond acceptors (Lipinski definition) is 10. The van der Waals surface area contributed by atoms with Crippen LogP contribution in [0, 0.1) is 0 Å². The minimum atomic E-state index is -1.59. The fourth-order valence-corrected chi connectivity index (χ4v) is 7.93. The number of unbranched alkanes of at least 4 members (excludes halogenated alkanes) is 20. The molecule has 1 rings (SSSR count). The van der Waals surface area contributed by atoms with E-state index >= 15 is 0 Å².